The van der Waals surface area contributed by atoms with E-state index in [0.29, 0.717) is 18.7 Å². The van der Waals surface area contributed by atoms with Crippen LogP contribution in [0.5, 0.6) is 0 Å². The van der Waals surface area contributed by atoms with E-state index in [1.54, 1.807) is 0 Å². The maximum absolute atomic E-state index is 8.99. The van der Waals surface area contributed by atoms with Crippen LogP contribution in [-0.4, -0.2) is 23.4 Å². The Morgan fingerprint density at radius 1 is 1.60 bits per heavy atom. The van der Waals surface area contributed by atoms with Crippen molar-refractivity contribution >= 4 is 0 Å². The van der Waals surface area contributed by atoms with E-state index in [9.17, 15) is 0 Å². The van der Waals surface area contributed by atoms with Gasteiger partial charge in [-0.25, -0.2) is 0 Å². The Hall–Kier alpha value is -0.700. The normalized spacial score (nSPS) is 11.6. The van der Waals surface area contributed by atoms with E-state index in [-0.39, 0.29) is 6.61 Å². The molecule has 0 amide bonds. The highest BCUT2D eigenvalue weighted by Gasteiger charge is 1.87. The van der Waals surface area contributed by atoms with Gasteiger partial charge >= 0.3 is 0 Å². The molecule has 0 aromatic carbocycles. The second-order valence-corrected chi connectivity index (χ2v) is 2.06. The number of nitrogens with one attached hydrogen (secondary N) is 1. The smallest absolute Gasteiger partial charge is 0.108 e. The molecule has 0 spiro atoms. The summed E-state index contributed by atoms with van der Waals surface area (Å²) < 4.78 is 0. The SMILES string of the molecule is CCC/C(O)=C/NCCO. The maximum atomic E-state index is 8.99. The van der Waals surface area contributed by atoms with Gasteiger partial charge in [-0.2, -0.15) is 0 Å². The van der Waals surface area contributed by atoms with Gasteiger partial charge in [0.15, 0.2) is 0 Å². The van der Waals surface area contributed by atoms with Crippen LogP contribution in [0.1, 0.15) is 19.8 Å². The highest BCUT2D eigenvalue weighted by molar-refractivity contribution is 4.87. The molecule has 0 saturated carbocycles. The average molecular weight is 145 g/mol. The molecule has 0 saturated heterocycles. The molecule has 0 rings (SSSR count). The number of hydrogen-bond donors (Lipinski definition) is 3. The third-order valence-electron chi connectivity index (χ3n) is 1.03. The van der Waals surface area contributed by atoms with Gasteiger partial charge in [-0.05, 0) is 6.42 Å². The summed E-state index contributed by atoms with van der Waals surface area (Å²) in [7, 11) is 0. The fraction of sp³-hybridized carbons (Fsp3) is 0.714. The molecule has 3 nitrogen and oxygen atoms in total. The molecular formula is C7H15NO2. The van der Waals surface area contributed by atoms with Gasteiger partial charge in [0.25, 0.3) is 0 Å². The van der Waals surface area contributed by atoms with E-state index < -0.39 is 0 Å². The zero-order valence-corrected chi connectivity index (χ0v) is 6.30. The van der Waals surface area contributed by atoms with Crippen LogP contribution in [0.4, 0.5) is 0 Å². The van der Waals surface area contributed by atoms with Crippen molar-refractivity contribution in [3.63, 3.8) is 0 Å². The lowest BCUT2D eigenvalue weighted by molar-refractivity contribution is 0.297. The number of aliphatic hydroxyl groups excluding tert-OH is 2. The minimum absolute atomic E-state index is 0.0932. The molecule has 0 fully saturated rings. The van der Waals surface area contributed by atoms with Crippen LogP contribution in [0.25, 0.3) is 0 Å². The molecule has 10 heavy (non-hydrogen) atoms. The van der Waals surface area contributed by atoms with Crippen LogP contribution >= 0.6 is 0 Å². The Balaban J connectivity index is 3.28. The predicted octanol–water partition coefficient (Wildman–Crippen LogP) is 0.768. The molecule has 60 valence electrons. The van der Waals surface area contributed by atoms with Gasteiger partial charge < -0.3 is 15.5 Å². The summed E-state index contributed by atoms with van der Waals surface area (Å²) in [6.07, 6.45) is 3.15. The molecule has 3 N–H and O–H groups in total. The van der Waals surface area contributed by atoms with E-state index in [1.165, 1.54) is 6.20 Å². The molecule has 0 heterocycles. The molecule has 0 radical (unpaired) electrons. The fourth-order valence-electron chi connectivity index (χ4n) is 0.583. The monoisotopic (exact) mass is 145 g/mol. The van der Waals surface area contributed by atoms with Crippen LogP contribution < -0.4 is 5.32 Å². The van der Waals surface area contributed by atoms with Crippen LogP contribution in [0.2, 0.25) is 0 Å². The van der Waals surface area contributed by atoms with Crippen molar-refractivity contribution in [3.05, 3.63) is 12.0 Å². The second kappa shape index (κ2) is 6.42. The first-order chi connectivity index (χ1) is 4.81. The Morgan fingerprint density at radius 2 is 2.30 bits per heavy atom. The molecule has 3 heteroatoms. The first kappa shape index (κ1) is 9.30. The first-order valence-corrected chi connectivity index (χ1v) is 3.53. The lowest BCUT2D eigenvalue weighted by Gasteiger charge is -1.98. The Morgan fingerprint density at radius 3 is 2.80 bits per heavy atom. The molecule has 0 aliphatic carbocycles. The van der Waals surface area contributed by atoms with Crippen molar-refractivity contribution in [3.8, 4) is 0 Å². The van der Waals surface area contributed by atoms with Gasteiger partial charge in [0.2, 0.25) is 0 Å². The van der Waals surface area contributed by atoms with Gasteiger partial charge in [0.1, 0.15) is 5.76 Å². The molecule has 0 atom stereocenters. The molecule has 0 aromatic rings. The summed E-state index contributed by atoms with van der Waals surface area (Å²) in [4.78, 5) is 0. The lowest BCUT2D eigenvalue weighted by atomic mass is 10.3. The van der Waals surface area contributed by atoms with Crippen molar-refractivity contribution in [2.75, 3.05) is 13.2 Å². The highest BCUT2D eigenvalue weighted by Crippen LogP contribution is 1.96. The van der Waals surface area contributed by atoms with E-state index >= 15 is 0 Å². The van der Waals surface area contributed by atoms with Crippen LogP contribution in [-0.2, 0) is 0 Å². The van der Waals surface area contributed by atoms with Crippen LogP contribution in [0.3, 0.4) is 0 Å². The van der Waals surface area contributed by atoms with E-state index in [0.717, 1.165) is 6.42 Å². The summed E-state index contributed by atoms with van der Waals surface area (Å²) in [6.45, 7) is 2.58. The van der Waals surface area contributed by atoms with Crippen molar-refractivity contribution in [2.45, 2.75) is 19.8 Å². The summed E-state index contributed by atoms with van der Waals surface area (Å²) in [5, 5.41) is 20.1. The van der Waals surface area contributed by atoms with Crippen molar-refractivity contribution in [1.29, 1.82) is 0 Å². The third-order valence-corrected chi connectivity index (χ3v) is 1.03. The maximum Gasteiger partial charge on any atom is 0.108 e. The van der Waals surface area contributed by atoms with E-state index in [4.69, 9.17) is 10.2 Å². The Kier molecular flexibility index (Phi) is 5.97. The molecule has 0 aliphatic heterocycles. The molecule has 0 aliphatic rings. The highest BCUT2D eigenvalue weighted by atomic mass is 16.3. The van der Waals surface area contributed by atoms with Crippen molar-refractivity contribution < 1.29 is 10.2 Å². The summed E-state index contributed by atoms with van der Waals surface area (Å²) >= 11 is 0. The van der Waals surface area contributed by atoms with E-state index in [1.807, 2.05) is 6.92 Å². The van der Waals surface area contributed by atoms with Gasteiger partial charge in [-0.3, -0.25) is 0 Å². The Labute approximate surface area is 61.4 Å². The quantitative estimate of drug-likeness (QED) is 0.395. The summed E-state index contributed by atoms with van der Waals surface area (Å²) in [5.41, 5.74) is 0. The first-order valence-electron chi connectivity index (χ1n) is 3.53. The number of aliphatic hydroxyl groups is 2. The summed E-state index contributed by atoms with van der Waals surface area (Å²) in [5.74, 6) is 0.343. The second-order valence-electron chi connectivity index (χ2n) is 2.06. The minimum Gasteiger partial charge on any atom is -0.511 e. The molecular weight excluding hydrogens is 130 g/mol. The molecule has 0 bridgehead atoms. The molecule has 0 aromatic heterocycles. The van der Waals surface area contributed by atoms with Crippen molar-refractivity contribution in [1.82, 2.24) is 5.32 Å². The third kappa shape index (κ3) is 5.44. The van der Waals surface area contributed by atoms with Gasteiger partial charge in [0.05, 0.1) is 6.61 Å². The van der Waals surface area contributed by atoms with Gasteiger partial charge in [-0.1, -0.05) is 6.92 Å². The Bertz CT molecular complexity index is 102. The van der Waals surface area contributed by atoms with Gasteiger partial charge in [0, 0.05) is 19.2 Å². The zero-order valence-electron chi connectivity index (χ0n) is 6.30. The minimum atomic E-state index is 0.0932. The zero-order chi connectivity index (χ0) is 7.82. The van der Waals surface area contributed by atoms with E-state index in [2.05, 4.69) is 5.32 Å². The summed E-state index contributed by atoms with van der Waals surface area (Å²) in [6, 6.07) is 0. The predicted molar refractivity (Wildman–Crippen MR) is 40.7 cm³/mol. The topological polar surface area (TPSA) is 52.5 Å². The van der Waals surface area contributed by atoms with Gasteiger partial charge in [-0.15, -0.1) is 0 Å². The average Bonchev–Trinajstić information content (AvgIpc) is 1.89. The largest absolute Gasteiger partial charge is 0.511 e. The number of hydrogen-bond acceptors (Lipinski definition) is 3. The van der Waals surface area contributed by atoms with Crippen molar-refractivity contribution in [2.24, 2.45) is 0 Å². The van der Waals surface area contributed by atoms with Crippen LogP contribution in [0.15, 0.2) is 12.0 Å². The number of allylic oxidation sites excluding steroid dienone is 1. The molecule has 0 unspecified atom stereocenters. The number of rotatable bonds is 5. The van der Waals surface area contributed by atoms with Crippen LogP contribution in [0, 0.1) is 0 Å². The fourth-order valence-corrected chi connectivity index (χ4v) is 0.583. The lowest BCUT2D eigenvalue weighted by Crippen LogP contribution is -2.11. The standard InChI is InChI=1S/C7H15NO2/c1-2-3-7(10)6-8-4-5-9/h6,8-10H,2-5H2,1H3/b7-6-.